The molecule has 3 heterocycles. The van der Waals surface area contributed by atoms with E-state index in [1.807, 2.05) is 55.1 Å². The molecule has 0 saturated carbocycles. The molecule has 11 nitrogen and oxygen atoms in total. The summed E-state index contributed by atoms with van der Waals surface area (Å²) in [5.41, 5.74) is 0. The molecule has 0 aromatic rings. The lowest BCUT2D eigenvalue weighted by molar-refractivity contribution is -0.0615. The van der Waals surface area contributed by atoms with Crippen molar-refractivity contribution in [3.8, 4) is 0 Å². The minimum Gasteiger partial charge on any atom is -0.376 e. The molecule has 3 aliphatic rings. The van der Waals surface area contributed by atoms with Gasteiger partial charge in [0.05, 0.1) is 74.4 Å². The van der Waals surface area contributed by atoms with Gasteiger partial charge in [0.15, 0.2) is 0 Å². The first kappa shape index (κ1) is 37.5. The third-order valence-electron chi connectivity index (χ3n) is 7.18. The first-order chi connectivity index (χ1) is 20.2. The van der Waals surface area contributed by atoms with Gasteiger partial charge in [0.25, 0.3) is 0 Å². The second-order valence-corrected chi connectivity index (χ2v) is 19.0. The molecular formula is C29H53NO10P2S. The Labute approximate surface area is 262 Å². The van der Waals surface area contributed by atoms with Crippen LogP contribution >= 0.6 is 25.5 Å². The molecule has 0 radical (unpaired) electrons. The van der Waals surface area contributed by atoms with E-state index in [1.165, 1.54) is 0 Å². The molecule has 2 unspecified atom stereocenters. The summed E-state index contributed by atoms with van der Waals surface area (Å²) in [5, 5.41) is 0. The molecule has 3 rings (SSSR count). The molecule has 11 atom stereocenters. The van der Waals surface area contributed by atoms with Crippen LogP contribution < -0.4 is 0 Å². The van der Waals surface area contributed by atoms with Gasteiger partial charge in [0.1, 0.15) is 25.7 Å². The molecule has 3 aliphatic heterocycles. The van der Waals surface area contributed by atoms with Gasteiger partial charge in [-0.3, -0.25) is 9.05 Å². The van der Waals surface area contributed by atoms with Gasteiger partial charge in [0, 0.05) is 25.9 Å². The van der Waals surface area contributed by atoms with Crippen LogP contribution in [0.4, 0.5) is 0 Å². The van der Waals surface area contributed by atoms with E-state index >= 15 is 0 Å². The molecule has 0 aromatic carbocycles. The van der Waals surface area contributed by atoms with E-state index < -0.39 is 26.3 Å². The zero-order valence-corrected chi connectivity index (χ0v) is 29.7. The Balaban J connectivity index is 1.61. The number of hydrogen-bond acceptors (Lipinski definition) is 11. The van der Waals surface area contributed by atoms with E-state index in [0.29, 0.717) is 18.8 Å². The first-order valence-corrected chi connectivity index (χ1v) is 20.8. The SMILES string of the molecule is [C-]#[N+]CCSP(=O)(OC[C@H]1O[C@@H](C)C[C@H]1OC(C)C)O[C@@H]1C[C@H](C)O[C@@H]1COP(=C)(C)O[C@@H]1C[C@H](C)O[C@@H]1COC(C)C. The maximum atomic E-state index is 14.0. The Kier molecular flexibility index (Phi) is 15.0. The van der Waals surface area contributed by atoms with Gasteiger partial charge in [-0.05, 0) is 59.8 Å². The van der Waals surface area contributed by atoms with Crippen molar-refractivity contribution in [2.45, 2.75) is 135 Å². The summed E-state index contributed by atoms with van der Waals surface area (Å²) in [7, 11) is -2.52. The third kappa shape index (κ3) is 12.6. The lowest BCUT2D eigenvalue weighted by Gasteiger charge is -2.30. The molecule has 0 aromatic heterocycles. The van der Waals surface area contributed by atoms with E-state index in [-0.39, 0.29) is 74.7 Å². The van der Waals surface area contributed by atoms with E-state index in [0.717, 1.165) is 24.2 Å². The van der Waals surface area contributed by atoms with Crippen LogP contribution in [0.3, 0.4) is 0 Å². The summed E-state index contributed by atoms with van der Waals surface area (Å²) >= 11 is 1.04. The lowest BCUT2D eigenvalue weighted by atomic mass is 10.1. The summed E-state index contributed by atoms with van der Waals surface area (Å²) < 4.78 is 68.9. The van der Waals surface area contributed by atoms with Gasteiger partial charge < -0.3 is 37.6 Å². The van der Waals surface area contributed by atoms with Gasteiger partial charge in [-0.1, -0.05) is 6.30 Å². The van der Waals surface area contributed by atoms with Crippen LogP contribution in [0.25, 0.3) is 4.85 Å². The molecule has 3 fully saturated rings. The molecular weight excluding hydrogens is 616 g/mol. The Morgan fingerprint density at radius 2 is 1.35 bits per heavy atom. The summed E-state index contributed by atoms with van der Waals surface area (Å²) in [6, 6.07) is 0. The largest absolute Gasteiger partial charge is 0.389 e. The van der Waals surface area contributed by atoms with Gasteiger partial charge in [-0.25, -0.2) is 11.1 Å². The van der Waals surface area contributed by atoms with Crippen molar-refractivity contribution >= 4 is 31.8 Å². The molecule has 0 N–H and O–H groups in total. The molecule has 43 heavy (non-hydrogen) atoms. The molecule has 14 heteroatoms. The van der Waals surface area contributed by atoms with Gasteiger partial charge in [0.2, 0.25) is 6.54 Å². The number of hydrogen-bond donors (Lipinski definition) is 0. The molecule has 0 aliphatic carbocycles. The highest BCUT2D eigenvalue weighted by molar-refractivity contribution is 8.55. The van der Waals surface area contributed by atoms with Crippen LogP contribution in [0.15, 0.2) is 0 Å². The average Bonchev–Trinajstić information content (AvgIpc) is 3.54. The smallest absolute Gasteiger partial charge is 0.376 e. The first-order valence-electron chi connectivity index (χ1n) is 15.4. The van der Waals surface area contributed by atoms with E-state index in [1.54, 1.807) is 0 Å². The Morgan fingerprint density at radius 1 is 0.837 bits per heavy atom. The average molecular weight is 670 g/mol. The second kappa shape index (κ2) is 17.2. The van der Waals surface area contributed by atoms with Crippen molar-refractivity contribution in [2.75, 3.05) is 38.8 Å². The minimum atomic E-state index is -3.68. The monoisotopic (exact) mass is 669 g/mol. The minimum absolute atomic E-state index is 0.0116. The number of rotatable bonds is 18. The van der Waals surface area contributed by atoms with Crippen molar-refractivity contribution in [1.29, 1.82) is 0 Å². The molecule has 250 valence electrons. The van der Waals surface area contributed by atoms with E-state index in [2.05, 4.69) is 11.1 Å². The maximum absolute atomic E-state index is 14.0. The van der Waals surface area contributed by atoms with Crippen molar-refractivity contribution in [3.63, 3.8) is 0 Å². The zero-order chi connectivity index (χ0) is 31.8. The standard InChI is InChI=1S/C29H53NO10P2S/c1-19(2)32-16-27-25(14-22(6)36-27)39-41(9,10)33-17-29-26(15-23(7)38-29)40-42(31,43-12-11-30-8)34-18-28-24(35-20(3)4)13-21(5)37-28/h19-29H,9,11-18H2,1-7,10H3/t21-,22-,23-,24+,25+,26+,27+,28+,29+,41?,42?/m0/s1. The predicted molar refractivity (Wildman–Crippen MR) is 171 cm³/mol. The van der Waals surface area contributed by atoms with Crippen LogP contribution in [0.5, 0.6) is 0 Å². The predicted octanol–water partition coefficient (Wildman–Crippen LogP) is 6.21. The van der Waals surface area contributed by atoms with Crippen LogP contribution in [-0.4, -0.2) is 112 Å². The normalized spacial score (nSPS) is 35.8. The Morgan fingerprint density at radius 3 is 1.91 bits per heavy atom. The van der Waals surface area contributed by atoms with Crippen molar-refractivity contribution in [1.82, 2.24) is 0 Å². The molecule has 0 spiro atoms. The summed E-state index contributed by atoms with van der Waals surface area (Å²) in [5.74, 6) is 0.318. The van der Waals surface area contributed by atoms with Crippen LogP contribution in [0.1, 0.15) is 67.7 Å². The van der Waals surface area contributed by atoms with Gasteiger partial charge in [-0.15, -0.1) is 0 Å². The Bertz CT molecular complexity index is 997. The number of ether oxygens (including phenoxy) is 5. The highest BCUT2D eigenvalue weighted by Crippen LogP contribution is 2.62. The van der Waals surface area contributed by atoms with Crippen LogP contribution in [0, 0.1) is 6.57 Å². The lowest BCUT2D eigenvalue weighted by Crippen LogP contribution is -2.32. The van der Waals surface area contributed by atoms with Gasteiger partial charge >= 0.3 is 6.80 Å². The highest BCUT2D eigenvalue weighted by atomic mass is 32.7. The summed E-state index contributed by atoms with van der Waals surface area (Å²) in [6.07, 6.45) is 4.42. The molecule has 0 amide bonds. The topological polar surface area (TPSA) is 105 Å². The fraction of sp³-hybridized carbons (Fsp3) is 0.931. The van der Waals surface area contributed by atoms with Crippen LogP contribution in [-0.2, 0) is 46.3 Å². The van der Waals surface area contributed by atoms with E-state index in [9.17, 15) is 4.57 Å². The third-order valence-corrected chi connectivity index (χ3v) is 12.3. The van der Waals surface area contributed by atoms with Gasteiger partial charge in [-0.2, -0.15) is 0 Å². The maximum Gasteiger partial charge on any atom is 0.389 e. The van der Waals surface area contributed by atoms with Crippen LogP contribution in [0.2, 0.25) is 0 Å². The van der Waals surface area contributed by atoms with Crippen molar-refractivity contribution in [2.24, 2.45) is 0 Å². The summed E-state index contributed by atoms with van der Waals surface area (Å²) in [6.45, 7) is 20.1. The fourth-order valence-electron chi connectivity index (χ4n) is 5.38. The summed E-state index contributed by atoms with van der Waals surface area (Å²) in [4.78, 5) is 3.39. The van der Waals surface area contributed by atoms with E-state index in [4.69, 9.17) is 48.4 Å². The second-order valence-electron chi connectivity index (χ2n) is 12.3. The quantitative estimate of drug-likeness (QED) is 0.0945. The molecule has 0 bridgehead atoms. The van der Waals surface area contributed by atoms with Crippen molar-refractivity contribution < 1.29 is 46.3 Å². The molecule has 3 saturated heterocycles. The number of nitrogens with zero attached hydrogens (tertiary/aromatic N) is 1. The Hall–Kier alpha value is 0.01000. The fourth-order valence-corrected chi connectivity index (χ4v) is 10.0. The highest BCUT2D eigenvalue weighted by Gasteiger charge is 2.43. The van der Waals surface area contributed by atoms with Crippen molar-refractivity contribution in [3.05, 3.63) is 11.4 Å². The zero-order valence-electron chi connectivity index (χ0n) is 27.0.